The predicted molar refractivity (Wildman–Crippen MR) is 60.0 cm³/mol. The molecule has 1 aromatic rings. The van der Waals surface area contributed by atoms with Crippen molar-refractivity contribution in [3.8, 4) is 0 Å². The summed E-state index contributed by atoms with van der Waals surface area (Å²) in [5.74, 6) is 0.507. The molecule has 84 valence electrons. The maximum atomic E-state index is 11.7. The molecule has 1 heterocycles. The van der Waals surface area contributed by atoms with Crippen molar-refractivity contribution in [1.29, 1.82) is 0 Å². The Labute approximate surface area is 96.5 Å². The first-order chi connectivity index (χ1) is 6.97. The summed E-state index contributed by atoms with van der Waals surface area (Å²) < 4.78 is 5.65. The molecule has 0 saturated heterocycles. The monoisotopic (exact) mass is 249 g/mol. The van der Waals surface area contributed by atoms with Crippen molar-refractivity contribution < 1.29 is 9.32 Å². The van der Waals surface area contributed by atoms with E-state index in [0.717, 1.165) is 0 Å². The lowest BCUT2D eigenvalue weighted by molar-refractivity contribution is 0.225. The van der Waals surface area contributed by atoms with Gasteiger partial charge in [0.05, 0.1) is 0 Å². The molecular weight excluding hydrogens is 238 g/mol. The molecule has 6 heteroatoms. The zero-order chi connectivity index (χ0) is 11.6. The van der Waals surface area contributed by atoms with E-state index < -0.39 is 10.9 Å². The van der Waals surface area contributed by atoms with Gasteiger partial charge in [-0.05, 0) is 11.6 Å². The molecule has 1 aromatic heterocycles. The third-order valence-corrected chi connectivity index (χ3v) is 2.93. The highest BCUT2D eigenvalue weighted by molar-refractivity contribution is 7.99. The highest BCUT2D eigenvalue weighted by atomic mass is 35.5. The molecule has 0 fully saturated rings. The van der Waals surface area contributed by atoms with E-state index in [1.165, 1.54) is 11.8 Å². The van der Waals surface area contributed by atoms with Crippen LogP contribution in [0.2, 0.25) is 0 Å². The third kappa shape index (κ3) is 2.66. The fourth-order valence-corrected chi connectivity index (χ4v) is 2.18. The topological polar surface area (TPSA) is 52.2 Å². The van der Waals surface area contributed by atoms with Crippen LogP contribution in [0.5, 0.6) is 0 Å². The number of carbonyl (C=O) groups is 1. The number of aromatic nitrogens is 1. The molecule has 0 aliphatic heterocycles. The van der Waals surface area contributed by atoms with Crippen LogP contribution < -0.4 is 5.56 Å². The first kappa shape index (κ1) is 12.4. The van der Waals surface area contributed by atoms with Crippen LogP contribution >= 0.6 is 23.4 Å². The van der Waals surface area contributed by atoms with Crippen LogP contribution in [0.4, 0.5) is 4.79 Å². The molecule has 0 unspecified atom stereocenters. The molecule has 0 aliphatic rings. The Balaban J connectivity index is 3.24. The van der Waals surface area contributed by atoms with E-state index in [1.807, 2.05) is 20.8 Å². The normalized spacial score (nSPS) is 11.0. The van der Waals surface area contributed by atoms with Crippen LogP contribution in [-0.2, 0) is 6.42 Å². The zero-order valence-corrected chi connectivity index (χ0v) is 10.3. The number of halogens is 1. The average molecular weight is 250 g/mol. The molecular formula is C9H12ClNO3S. The molecule has 0 saturated carbocycles. The summed E-state index contributed by atoms with van der Waals surface area (Å²) in [5.41, 5.74) is -0.467. The molecule has 0 bridgehead atoms. The number of carbonyl (C=O) groups excluding carboxylic acids is 1. The van der Waals surface area contributed by atoms with Crippen molar-refractivity contribution in [3.05, 3.63) is 16.1 Å². The predicted octanol–water partition coefficient (Wildman–Crippen LogP) is 2.71. The van der Waals surface area contributed by atoms with Crippen LogP contribution in [0.25, 0.3) is 0 Å². The van der Waals surface area contributed by atoms with Gasteiger partial charge in [0.1, 0.15) is 4.90 Å². The van der Waals surface area contributed by atoms with Crippen LogP contribution in [0, 0.1) is 0 Å². The molecule has 4 nitrogen and oxygen atoms in total. The van der Waals surface area contributed by atoms with Gasteiger partial charge in [0.25, 0.3) is 0 Å². The zero-order valence-electron chi connectivity index (χ0n) is 8.74. The number of hydrogen-bond donors (Lipinski definition) is 0. The van der Waals surface area contributed by atoms with Crippen molar-refractivity contribution in [2.24, 2.45) is 0 Å². The van der Waals surface area contributed by atoms with E-state index in [1.54, 1.807) is 0 Å². The van der Waals surface area contributed by atoms with Crippen molar-refractivity contribution in [1.82, 2.24) is 4.74 Å². The minimum atomic E-state index is -0.912. The highest BCUT2D eigenvalue weighted by Crippen LogP contribution is 2.24. The van der Waals surface area contributed by atoms with E-state index in [4.69, 9.17) is 16.1 Å². The first-order valence-electron chi connectivity index (χ1n) is 4.59. The van der Waals surface area contributed by atoms with Crippen LogP contribution in [0.3, 0.4) is 0 Å². The number of aryl methyl sites for hydroxylation is 1. The molecule has 0 N–H and O–H groups in total. The smallest absolute Gasteiger partial charge is 0.357 e. The van der Waals surface area contributed by atoms with Gasteiger partial charge in [0, 0.05) is 11.7 Å². The molecule has 0 amide bonds. The van der Waals surface area contributed by atoms with Gasteiger partial charge in [-0.3, -0.25) is 9.59 Å². The average Bonchev–Trinajstić information content (AvgIpc) is 2.43. The van der Waals surface area contributed by atoms with Gasteiger partial charge < -0.3 is 4.52 Å². The number of thioether (sulfide) groups is 1. The fourth-order valence-electron chi connectivity index (χ4n) is 1.10. The molecule has 1 rings (SSSR count). The SMILES string of the molecule is CCc1on(C(=O)Cl)c(=O)c1SC(C)C. The minimum Gasteiger partial charge on any atom is -0.371 e. The minimum absolute atomic E-state index is 0.250. The van der Waals surface area contributed by atoms with Crippen LogP contribution in [-0.4, -0.2) is 15.4 Å². The summed E-state index contributed by atoms with van der Waals surface area (Å²) >= 11 is 6.58. The third-order valence-electron chi connectivity index (χ3n) is 1.67. The lowest BCUT2D eigenvalue weighted by atomic mass is 10.4. The van der Waals surface area contributed by atoms with Gasteiger partial charge in [0.2, 0.25) is 0 Å². The Morgan fingerprint density at radius 2 is 2.20 bits per heavy atom. The fraction of sp³-hybridized carbons (Fsp3) is 0.556. The summed E-state index contributed by atoms with van der Waals surface area (Å²) in [4.78, 5) is 23.0. The van der Waals surface area contributed by atoms with Crippen molar-refractivity contribution in [2.75, 3.05) is 0 Å². The number of nitrogens with zero attached hydrogens (tertiary/aromatic N) is 1. The van der Waals surface area contributed by atoms with Gasteiger partial charge in [-0.25, -0.2) is 0 Å². The summed E-state index contributed by atoms with van der Waals surface area (Å²) in [6.07, 6.45) is 0.557. The Kier molecular flexibility index (Phi) is 4.04. The molecule has 0 radical (unpaired) electrons. The largest absolute Gasteiger partial charge is 0.371 e. The second kappa shape index (κ2) is 4.90. The first-order valence-corrected chi connectivity index (χ1v) is 5.84. The Morgan fingerprint density at radius 1 is 1.60 bits per heavy atom. The summed E-state index contributed by atoms with van der Waals surface area (Å²) in [6, 6.07) is 0. The number of hydrogen-bond acceptors (Lipinski definition) is 4. The Bertz CT molecular complexity index is 421. The van der Waals surface area contributed by atoms with E-state index in [2.05, 4.69) is 0 Å². The van der Waals surface area contributed by atoms with Crippen molar-refractivity contribution in [2.45, 2.75) is 37.3 Å². The molecule has 0 aliphatic carbocycles. The highest BCUT2D eigenvalue weighted by Gasteiger charge is 2.20. The molecule has 0 spiro atoms. The quantitative estimate of drug-likeness (QED) is 0.611. The van der Waals surface area contributed by atoms with Gasteiger partial charge in [0.15, 0.2) is 5.76 Å². The summed E-state index contributed by atoms with van der Waals surface area (Å²) in [5, 5.41) is -0.662. The lowest BCUT2D eigenvalue weighted by Crippen LogP contribution is -2.18. The van der Waals surface area contributed by atoms with Crippen LogP contribution in [0.15, 0.2) is 14.2 Å². The van der Waals surface area contributed by atoms with Gasteiger partial charge >= 0.3 is 10.9 Å². The molecule has 0 aromatic carbocycles. The van der Waals surface area contributed by atoms with Gasteiger partial charge in [-0.1, -0.05) is 25.5 Å². The van der Waals surface area contributed by atoms with Crippen LogP contribution in [0.1, 0.15) is 26.5 Å². The molecule has 15 heavy (non-hydrogen) atoms. The van der Waals surface area contributed by atoms with E-state index in [9.17, 15) is 9.59 Å². The Hall–Kier alpha value is -0.680. The van der Waals surface area contributed by atoms with E-state index in [-0.39, 0.29) is 5.25 Å². The summed E-state index contributed by atoms with van der Waals surface area (Å²) in [7, 11) is 0. The molecule has 0 atom stereocenters. The standard InChI is InChI=1S/C9H12ClNO3S/c1-4-6-7(15-5(2)3)8(12)11(14-6)9(10)13/h5H,4H2,1-3H3. The maximum Gasteiger partial charge on any atom is 0.357 e. The number of rotatable bonds is 3. The summed E-state index contributed by atoms with van der Waals surface area (Å²) in [6.45, 7) is 5.78. The van der Waals surface area contributed by atoms with E-state index >= 15 is 0 Å². The second-order valence-electron chi connectivity index (χ2n) is 3.22. The van der Waals surface area contributed by atoms with Gasteiger partial charge in [-0.15, -0.1) is 11.8 Å². The second-order valence-corrected chi connectivity index (χ2v) is 5.13. The maximum absolute atomic E-state index is 11.7. The lowest BCUT2D eigenvalue weighted by Gasteiger charge is -2.00. The van der Waals surface area contributed by atoms with Crippen molar-refractivity contribution >= 4 is 28.7 Å². The Morgan fingerprint density at radius 3 is 2.60 bits per heavy atom. The van der Waals surface area contributed by atoms with E-state index in [0.29, 0.717) is 21.8 Å². The van der Waals surface area contributed by atoms with Crippen molar-refractivity contribution in [3.63, 3.8) is 0 Å². The van der Waals surface area contributed by atoms with Gasteiger partial charge in [-0.2, -0.15) is 0 Å².